The molecule has 0 saturated carbocycles. The molecule has 2 aliphatic rings. The summed E-state index contributed by atoms with van der Waals surface area (Å²) in [4.78, 5) is 4.38. The van der Waals surface area contributed by atoms with Gasteiger partial charge in [-0.05, 0) is 44.6 Å². The lowest BCUT2D eigenvalue weighted by molar-refractivity contribution is -0.150. The van der Waals surface area contributed by atoms with E-state index in [0.29, 0.717) is 5.92 Å². The lowest BCUT2D eigenvalue weighted by Crippen LogP contribution is -2.47. The summed E-state index contributed by atoms with van der Waals surface area (Å²) in [5.74, 6) is 1.49. The smallest absolute Gasteiger partial charge is 0.141 e. The van der Waals surface area contributed by atoms with E-state index in [1.165, 1.54) is 0 Å². The summed E-state index contributed by atoms with van der Waals surface area (Å²) < 4.78 is 11.7. The maximum absolute atomic E-state index is 6.15. The normalized spacial score (nSPS) is 26.8. The number of H-pyrrole nitrogens is 1. The Balaban J connectivity index is 1.72. The van der Waals surface area contributed by atoms with Crippen LogP contribution in [0.4, 0.5) is 0 Å². The molecule has 0 radical (unpaired) electrons. The number of ether oxygens (including phenoxy) is 2. The predicted molar refractivity (Wildman–Crippen MR) is 78.9 cm³/mol. The third-order valence-corrected chi connectivity index (χ3v) is 4.75. The van der Waals surface area contributed by atoms with E-state index in [1.54, 1.807) is 6.33 Å². The second-order valence-corrected chi connectivity index (χ2v) is 6.20. The molecule has 1 aromatic rings. The minimum atomic E-state index is 0.0212. The maximum Gasteiger partial charge on any atom is 0.141 e. The van der Waals surface area contributed by atoms with Crippen LogP contribution in [0.5, 0.6) is 0 Å². The van der Waals surface area contributed by atoms with Gasteiger partial charge < -0.3 is 14.8 Å². The molecule has 0 amide bonds. The second kappa shape index (κ2) is 6.85. The first-order valence-corrected chi connectivity index (χ1v) is 8.13. The van der Waals surface area contributed by atoms with Gasteiger partial charge in [0.15, 0.2) is 0 Å². The van der Waals surface area contributed by atoms with Crippen LogP contribution in [0.1, 0.15) is 50.9 Å². The predicted octanol–water partition coefficient (Wildman–Crippen LogP) is 1.82. The van der Waals surface area contributed by atoms with E-state index in [1.807, 2.05) is 0 Å². The highest BCUT2D eigenvalue weighted by molar-refractivity contribution is 5.00. The topological polar surface area (TPSA) is 72.1 Å². The lowest BCUT2D eigenvalue weighted by atomic mass is 9.77. The van der Waals surface area contributed by atoms with Gasteiger partial charge in [-0.1, -0.05) is 6.92 Å². The number of aromatic nitrogens is 3. The van der Waals surface area contributed by atoms with E-state index in [0.717, 1.165) is 64.3 Å². The lowest BCUT2D eigenvalue weighted by Gasteiger charge is -2.45. The van der Waals surface area contributed by atoms with Gasteiger partial charge in [0.05, 0.1) is 11.6 Å². The first-order valence-electron chi connectivity index (χ1n) is 8.13. The zero-order valence-electron chi connectivity index (χ0n) is 12.8. The first kappa shape index (κ1) is 14.9. The summed E-state index contributed by atoms with van der Waals surface area (Å²) in [5, 5.41) is 10.7. The molecule has 0 bridgehead atoms. The van der Waals surface area contributed by atoms with Gasteiger partial charge in [-0.2, -0.15) is 5.10 Å². The van der Waals surface area contributed by atoms with Crippen molar-refractivity contribution in [2.45, 2.75) is 50.7 Å². The fourth-order valence-electron chi connectivity index (χ4n) is 3.59. The molecule has 1 spiro atoms. The van der Waals surface area contributed by atoms with Gasteiger partial charge in [0.25, 0.3) is 0 Å². The van der Waals surface area contributed by atoms with E-state index < -0.39 is 0 Å². The Morgan fingerprint density at radius 1 is 1.43 bits per heavy atom. The van der Waals surface area contributed by atoms with Crippen LogP contribution >= 0.6 is 0 Å². The minimum Gasteiger partial charge on any atom is -0.381 e. The average Bonchev–Trinajstić information content (AvgIpc) is 3.03. The molecule has 3 rings (SSSR count). The molecular formula is C15H26N4O2. The number of nitrogens with one attached hydrogen (secondary N) is 2. The molecule has 2 N–H and O–H groups in total. The van der Waals surface area contributed by atoms with E-state index in [-0.39, 0.29) is 11.6 Å². The summed E-state index contributed by atoms with van der Waals surface area (Å²) in [5.41, 5.74) is 0.0212. The second-order valence-electron chi connectivity index (χ2n) is 6.20. The summed E-state index contributed by atoms with van der Waals surface area (Å²) >= 11 is 0. The molecule has 2 fully saturated rings. The number of hydrogen-bond donors (Lipinski definition) is 2. The summed E-state index contributed by atoms with van der Waals surface area (Å²) in [6, 6.07) is 0.246. The van der Waals surface area contributed by atoms with Gasteiger partial charge in [-0.3, -0.25) is 5.10 Å². The molecule has 1 aromatic heterocycles. The van der Waals surface area contributed by atoms with Crippen molar-refractivity contribution in [1.82, 2.24) is 20.5 Å². The highest BCUT2D eigenvalue weighted by atomic mass is 16.5. The summed E-state index contributed by atoms with van der Waals surface area (Å²) in [6.45, 7) is 5.67. The summed E-state index contributed by atoms with van der Waals surface area (Å²) in [7, 11) is 0. The third-order valence-electron chi connectivity index (χ3n) is 4.75. The minimum absolute atomic E-state index is 0.0212. The molecule has 21 heavy (non-hydrogen) atoms. The molecule has 0 aromatic carbocycles. The van der Waals surface area contributed by atoms with Crippen LogP contribution in [0.2, 0.25) is 0 Å². The Bertz CT molecular complexity index is 412. The van der Waals surface area contributed by atoms with Crippen molar-refractivity contribution < 1.29 is 9.47 Å². The van der Waals surface area contributed by atoms with Crippen LogP contribution in [-0.2, 0) is 9.47 Å². The molecule has 2 saturated heterocycles. The van der Waals surface area contributed by atoms with E-state index in [2.05, 4.69) is 27.4 Å². The van der Waals surface area contributed by atoms with Crippen LogP contribution in [-0.4, -0.2) is 47.1 Å². The number of nitrogens with zero attached hydrogens (tertiary/aromatic N) is 2. The Hall–Kier alpha value is -0.980. The number of aromatic amines is 1. The molecule has 2 unspecified atom stereocenters. The highest BCUT2D eigenvalue weighted by Gasteiger charge is 2.42. The van der Waals surface area contributed by atoms with Crippen LogP contribution in [0.3, 0.4) is 0 Å². The fourth-order valence-corrected chi connectivity index (χ4v) is 3.59. The standard InChI is InChI=1S/C15H26N4O2/c1-2-6-16-13(14-17-11-18-19-14)12-3-7-21-15(10-12)4-8-20-9-5-15/h11-13,16H,2-10H2,1H3,(H,17,18,19). The van der Waals surface area contributed by atoms with Gasteiger partial charge >= 0.3 is 0 Å². The van der Waals surface area contributed by atoms with Crippen LogP contribution in [0, 0.1) is 5.92 Å². The van der Waals surface area contributed by atoms with Gasteiger partial charge in [0.1, 0.15) is 12.2 Å². The largest absolute Gasteiger partial charge is 0.381 e. The zero-order valence-corrected chi connectivity index (χ0v) is 12.8. The molecule has 0 aliphatic carbocycles. The van der Waals surface area contributed by atoms with Crippen LogP contribution in [0.15, 0.2) is 6.33 Å². The van der Waals surface area contributed by atoms with Crippen molar-refractivity contribution in [1.29, 1.82) is 0 Å². The third kappa shape index (κ3) is 3.44. The van der Waals surface area contributed by atoms with Crippen molar-refractivity contribution in [3.63, 3.8) is 0 Å². The monoisotopic (exact) mass is 294 g/mol. The van der Waals surface area contributed by atoms with Crippen molar-refractivity contribution in [3.05, 3.63) is 12.2 Å². The maximum atomic E-state index is 6.15. The Kier molecular flexibility index (Phi) is 4.87. The quantitative estimate of drug-likeness (QED) is 0.866. The van der Waals surface area contributed by atoms with Gasteiger partial charge in [0, 0.05) is 19.8 Å². The van der Waals surface area contributed by atoms with Gasteiger partial charge in [0.2, 0.25) is 0 Å². The van der Waals surface area contributed by atoms with Crippen molar-refractivity contribution in [3.8, 4) is 0 Å². The highest BCUT2D eigenvalue weighted by Crippen LogP contribution is 2.41. The van der Waals surface area contributed by atoms with Crippen molar-refractivity contribution in [2.75, 3.05) is 26.4 Å². The molecule has 2 atom stereocenters. The van der Waals surface area contributed by atoms with Crippen LogP contribution < -0.4 is 5.32 Å². The van der Waals surface area contributed by atoms with E-state index in [9.17, 15) is 0 Å². The Labute approximate surface area is 126 Å². The molecule has 118 valence electrons. The van der Waals surface area contributed by atoms with Crippen molar-refractivity contribution >= 4 is 0 Å². The molecular weight excluding hydrogens is 268 g/mol. The van der Waals surface area contributed by atoms with E-state index >= 15 is 0 Å². The number of rotatable bonds is 5. The fraction of sp³-hybridized carbons (Fsp3) is 0.867. The van der Waals surface area contributed by atoms with Crippen molar-refractivity contribution in [2.24, 2.45) is 5.92 Å². The summed E-state index contributed by atoms with van der Waals surface area (Å²) in [6.07, 6.45) is 6.90. The Morgan fingerprint density at radius 3 is 3.00 bits per heavy atom. The number of hydrogen-bond acceptors (Lipinski definition) is 5. The Morgan fingerprint density at radius 2 is 2.29 bits per heavy atom. The van der Waals surface area contributed by atoms with E-state index in [4.69, 9.17) is 9.47 Å². The molecule has 3 heterocycles. The molecule has 2 aliphatic heterocycles. The van der Waals surface area contributed by atoms with Gasteiger partial charge in [-0.15, -0.1) is 0 Å². The SMILES string of the molecule is CCCNC(c1ncn[nH]1)C1CCOC2(CCOCC2)C1. The van der Waals surface area contributed by atoms with Gasteiger partial charge in [-0.25, -0.2) is 4.98 Å². The first-order chi connectivity index (χ1) is 10.3. The molecule has 6 heteroatoms. The molecule has 6 nitrogen and oxygen atoms in total. The average molecular weight is 294 g/mol. The zero-order chi connectivity index (χ0) is 14.5. The van der Waals surface area contributed by atoms with Crippen LogP contribution in [0.25, 0.3) is 0 Å².